The van der Waals surface area contributed by atoms with Crippen LogP contribution < -0.4 is 16.2 Å². The minimum absolute atomic E-state index is 0.0805. The third-order valence-electron chi connectivity index (χ3n) is 2.85. The van der Waals surface area contributed by atoms with Crippen LogP contribution in [0.4, 0.5) is 14.5 Å². The Hall–Kier alpha value is -2.19. The van der Waals surface area contributed by atoms with Gasteiger partial charge in [-0.3, -0.25) is 15.6 Å². The van der Waals surface area contributed by atoms with Crippen LogP contribution in [-0.2, 0) is 10.5 Å². The van der Waals surface area contributed by atoms with Crippen molar-refractivity contribution in [3.8, 4) is 0 Å². The summed E-state index contributed by atoms with van der Waals surface area (Å²) in [6.07, 6.45) is 0. The Morgan fingerprint density at radius 1 is 1.04 bits per heavy atom. The predicted molar refractivity (Wildman–Crippen MR) is 96.5 cm³/mol. The van der Waals surface area contributed by atoms with Crippen LogP contribution in [0, 0.1) is 11.6 Å². The number of anilines is 1. The van der Waals surface area contributed by atoms with Crippen LogP contribution in [0.3, 0.4) is 0 Å². The van der Waals surface area contributed by atoms with Gasteiger partial charge in [-0.15, -0.1) is 11.8 Å². The third-order valence-corrected chi connectivity index (χ3v) is 4.06. The van der Waals surface area contributed by atoms with E-state index in [0.29, 0.717) is 5.75 Å². The summed E-state index contributed by atoms with van der Waals surface area (Å²) < 4.78 is 26.2. The second kappa shape index (κ2) is 9.19. The van der Waals surface area contributed by atoms with E-state index < -0.39 is 5.82 Å². The maximum absolute atomic E-state index is 13.4. The number of carbonyl (C=O) groups is 1. The number of amides is 1. The second-order valence-corrected chi connectivity index (χ2v) is 6.12. The molecule has 0 aliphatic carbocycles. The van der Waals surface area contributed by atoms with Gasteiger partial charge in [-0.05, 0) is 42.0 Å². The summed E-state index contributed by atoms with van der Waals surface area (Å²) in [4.78, 5) is 11.7. The topological polar surface area (TPSA) is 53.2 Å². The van der Waals surface area contributed by atoms with Crippen molar-refractivity contribution in [3.63, 3.8) is 0 Å². The molecule has 2 aromatic rings. The maximum Gasteiger partial charge on any atom is 0.248 e. The molecule has 0 aliphatic heterocycles. The molecule has 0 atom stereocenters. The highest BCUT2D eigenvalue weighted by molar-refractivity contribution is 7.99. The molecule has 4 nitrogen and oxygen atoms in total. The number of rotatable bonds is 5. The maximum atomic E-state index is 13.4. The molecule has 0 radical (unpaired) electrons. The Balaban J connectivity index is 1.66. The number of thioether (sulfide) groups is 1. The first-order valence-corrected chi connectivity index (χ1v) is 8.53. The highest BCUT2D eigenvalue weighted by atomic mass is 32.2. The van der Waals surface area contributed by atoms with Crippen LogP contribution in [0.5, 0.6) is 0 Å². The van der Waals surface area contributed by atoms with Gasteiger partial charge in [0.15, 0.2) is 5.11 Å². The van der Waals surface area contributed by atoms with Crippen molar-refractivity contribution in [2.24, 2.45) is 0 Å². The lowest BCUT2D eigenvalue weighted by molar-refractivity contribution is -0.119. The van der Waals surface area contributed by atoms with Crippen molar-refractivity contribution in [2.75, 3.05) is 11.1 Å². The first-order chi connectivity index (χ1) is 11.5. The zero-order valence-corrected chi connectivity index (χ0v) is 14.1. The molecule has 0 aliphatic rings. The molecule has 0 spiro atoms. The van der Waals surface area contributed by atoms with Gasteiger partial charge in [-0.2, -0.15) is 0 Å². The average Bonchev–Trinajstić information content (AvgIpc) is 2.57. The number of para-hydroxylation sites is 1. The van der Waals surface area contributed by atoms with Crippen molar-refractivity contribution < 1.29 is 13.6 Å². The molecule has 0 saturated heterocycles. The van der Waals surface area contributed by atoms with Crippen LogP contribution in [0.2, 0.25) is 0 Å². The number of hydrazine groups is 1. The molecule has 0 bridgehead atoms. The van der Waals surface area contributed by atoms with Crippen molar-refractivity contribution in [1.82, 2.24) is 10.9 Å². The van der Waals surface area contributed by atoms with Gasteiger partial charge >= 0.3 is 0 Å². The van der Waals surface area contributed by atoms with E-state index in [9.17, 15) is 13.6 Å². The van der Waals surface area contributed by atoms with Crippen LogP contribution in [0.1, 0.15) is 5.56 Å². The fraction of sp³-hybridized carbons (Fsp3) is 0.125. The normalized spacial score (nSPS) is 10.1. The Morgan fingerprint density at radius 3 is 2.46 bits per heavy atom. The first-order valence-electron chi connectivity index (χ1n) is 6.97. The number of carbonyl (C=O) groups excluding carboxylic acids is 1. The molecule has 24 heavy (non-hydrogen) atoms. The summed E-state index contributed by atoms with van der Waals surface area (Å²) in [6.45, 7) is 0. The number of nitrogens with one attached hydrogen (secondary N) is 3. The monoisotopic (exact) mass is 367 g/mol. The van der Waals surface area contributed by atoms with E-state index in [1.165, 1.54) is 36.0 Å². The summed E-state index contributed by atoms with van der Waals surface area (Å²) >= 11 is 6.35. The zero-order chi connectivity index (χ0) is 17.4. The zero-order valence-electron chi connectivity index (χ0n) is 12.5. The molecule has 0 heterocycles. The fourth-order valence-electron chi connectivity index (χ4n) is 1.72. The van der Waals surface area contributed by atoms with Crippen molar-refractivity contribution in [3.05, 3.63) is 65.7 Å². The lowest BCUT2D eigenvalue weighted by Gasteiger charge is -2.12. The van der Waals surface area contributed by atoms with Gasteiger partial charge in [0, 0.05) is 5.75 Å². The van der Waals surface area contributed by atoms with E-state index >= 15 is 0 Å². The molecule has 0 fully saturated rings. The molecular weight excluding hydrogens is 352 g/mol. The third kappa shape index (κ3) is 6.13. The minimum Gasteiger partial charge on any atom is -0.329 e. The molecule has 1 amide bonds. The lowest BCUT2D eigenvalue weighted by atomic mass is 10.2. The number of thiocarbonyl (C=S) groups is 1. The smallest absolute Gasteiger partial charge is 0.248 e. The summed E-state index contributed by atoms with van der Waals surface area (Å²) in [7, 11) is 0. The molecule has 3 N–H and O–H groups in total. The Labute approximate surface area is 148 Å². The van der Waals surface area contributed by atoms with E-state index in [2.05, 4.69) is 16.2 Å². The van der Waals surface area contributed by atoms with E-state index in [-0.39, 0.29) is 28.3 Å². The molecule has 2 aromatic carbocycles. The van der Waals surface area contributed by atoms with E-state index in [1.807, 2.05) is 0 Å². The fourth-order valence-corrected chi connectivity index (χ4v) is 2.67. The molecule has 126 valence electrons. The Bertz CT molecular complexity index is 711. The molecular formula is C16H15F2N3OS2. The summed E-state index contributed by atoms with van der Waals surface area (Å²) in [5, 5.41) is 2.72. The van der Waals surface area contributed by atoms with Crippen LogP contribution in [0.15, 0.2) is 48.5 Å². The van der Waals surface area contributed by atoms with Crippen molar-refractivity contribution in [1.29, 1.82) is 0 Å². The standard InChI is InChI=1S/C16H15F2N3OS2/c17-12-7-5-11(6-8-12)9-24-10-15(22)20-21-16(23)19-14-4-2-1-3-13(14)18/h1-8H,9-10H2,(H,20,22)(H2,19,21,23). The molecule has 0 aromatic heterocycles. The summed E-state index contributed by atoms with van der Waals surface area (Å²) in [6, 6.07) is 12.2. The highest BCUT2D eigenvalue weighted by Gasteiger charge is 2.05. The van der Waals surface area contributed by atoms with E-state index in [0.717, 1.165) is 5.56 Å². The highest BCUT2D eigenvalue weighted by Crippen LogP contribution is 2.13. The van der Waals surface area contributed by atoms with Gasteiger partial charge in [0.25, 0.3) is 0 Å². The SMILES string of the molecule is O=C(CSCc1ccc(F)cc1)NNC(=S)Nc1ccccc1F. The number of benzene rings is 2. The first kappa shape index (κ1) is 18.2. The van der Waals surface area contributed by atoms with Crippen LogP contribution in [-0.4, -0.2) is 16.8 Å². The van der Waals surface area contributed by atoms with Crippen LogP contribution in [0.25, 0.3) is 0 Å². The summed E-state index contributed by atoms with van der Waals surface area (Å²) in [5.74, 6) is -0.220. The van der Waals surface area contributed by atoms with Gasteiger partial charge in [0.1, 0.15) is 11.6 Å². The van der Waals surface area contributed by atoms with Crippen molar-refractivity contribution in [2.45, 2.75) is 5.75 Å². The molecule has 0 unspecified atom stereocenters. The number of hydrogen-bond donors (Lipinski definition) is 3. The molecule has 8 heteroatoms. The summed E-state index contributed by atoms with van der Waals surface area (Å²) in [5.41, 5.74) is 6.07. The predicted octanol–water partition coefficient (Wildman–Crippen LogP) is 3.22. The van der Waals surface area contributed by atoms with E-state index in [4.69, 9.17) is 12.2 Å². The molecule has 0 saturated carbocycles. The van der Waals surface area contributed by atoms with Crippen LogP contribution >= 0.6 is 24.0 Å². The Kier molecular flexibility index (Phi) is 6.95. The van der Waals surface area contributed by atoms with E-state index in [1.54, 1.807) is 24.3 Å². The van der Waals surface area contributed by atoms with Gasteiger partial charge in [0.2, 0.25) is 5.91 Å². The number of hydrogen-bond acceptors (Lipinski definition) is 3. The van der Waals surface area contributed by atoms with Gasteiger partial charge in [0.05, 0.1) is 11.4 Å². The Morgan fingerprint density at radius 2 is 1.75 bits per heavy atom. The molecule has 2 rings (SSSR count). The van der Waals surface area contributed by atoms with Gasteiger partial charge in [-0.25, -0.2) is 8.78 Å². The largest absolute Gasteiger partial charge is 0.329 e. The van der Waals surface area contributed by atoms with Crippen molar-refractivity contribution >= 4 is 40.7 Å². The lowest BCUT2D eigenvalue weighted by Crippen LogP contribution is -2.44. The quantitative estimate of drug-likeness (QED) is 0.560. The van der Waals surface area contributed by atoms with Gasteiger partial charge in [-0.1, -0.05) is 24.3 Å². The van der Waals surface area contributed by atoms with Gasteiger partial charge < -0.3 is 5.32 Å². The second-order valence-electron chi connectivity index (χ2n) is 4.73. The average molecular weight is 367 g/mol. The minimum atomic E-state index is -0.442. The number of halogens is 2.